The Kier molecular flexibility index (Phi) is 4.57. The van der Waals surface area contributed by atoms with Crippen LogP contribution in [-0.2, 0) is 24.8 Å². The molecule has 1 aliphatic heterocycles. The third-order valence-electron chi connectivity index (χ3n) is 3.52. The van der Waals surface area contributed by atoms with E-state index < -0.39 is 31.9 Å². The summed E-state index contributed by atoms with van der Waals surface area (Å²) in [6.45, 7) is 0.150. The van der Waals surface area contributed by atoms with E-state index in [0.29, 0.717) is 12.8 Å². The Morgan fingerprint density at radius 2 is 1.68 bits per heavy atom. The quantitative estimate of drug-likeness (QED) is 0.775. The van der Waals surface area contributed by atoms with E-state index in [9.17, 15) is 21.6 Å². The maximum absolute atomic E-state index is 12.5. The fourth-order valence-corrected chi connectivity index (χ4v) is 4.35. The number of primary sulfonamides is 1. The number of rotatable bonds is 4. The minimum atomic E-state index is -3.90. The van der Waals surface area contributed by atoms with Crippen LogP contribution < -0.4 is 5.14 Å². The normalized spacial score (nSPS) is 20.7. The molecule has 1 fully saturated rings. The Hall–Kier alpha value is -1.49. The van der Waals surface area contributed by atoms with E-state index in [1.807, 2.05) is 0 Å². The van der Waals surface area contributed by atoms with Gasteiger partial charge in [0.2, 0.25) is 20.0 Å². The van der Waals surface area contributed by atoms with Crippen molar-refractivity contribution >= 4 is 26.0 Å². The number of hydrogen-bond acceptors (Lipinski definition) is 5. The summed E-state index contributed by atoms with van der Waals surface area (Å²) in [6.07, 6.45) is 0.900. The molecular formula is C12H16N2O6S2. The fraction of sp³-hybridized carbons (Fsp3) is 0.417. The third-order valence-corrected chi connectivity index (χ3v) is 6.33. The van der Waals surface area contributed by atoms with Crippen LogP contribution in [0.1, 0.15) is 12.8 Å². The number of piperidine rings is 1. The molecular weight excluding hydrogens is 332 g/mol. The molecule has 1 aromatic carbocycles. The smallest absolute Gasteiger partial charge is 0.307 e. The number of carbonyl (C=O) groups is 1. The summed E-state index contributed by atoms with van der Waals surface area (Å²) in [5, 5.41) is 14.0. The fourth-order valence-electron chi connectivity index (χ4n) is 2.31. The molecule has 0 aliphatic carbocycles. The largest absolute Gasteiger partial charge is 0.481 e. The Bertz CT molecular complexity index is 770. The van der Waals surface area contributed by atoms with Gasteiger partial charge in [0.05, 0.1) is 15.7 Å². The molecule has 0 radical (unpaired) electrons. The highest BCUT2D eigenvalue weighted by atomic mass is 32.2. The Morgan fingerprint density at radius 1 is 1.14 bits per heavy atom. The molecule has 1 aromatic rings. The zero-order valence-corrected chi connectivity index (χ0v) is 13.2. The Labute approximate surface area is 128 Å². The van der Waals surface area contributed by atoms with Gasteiger partial charge in [-0.1, -0.05) is 0 Å². The molecule has 2 rings (SSSR count). The summed E-state index contributed by atoms with van der Waals surface area (Å²) in [5.41, 5.74) is 0. The first-order valence-corrected chi connectivity index (χ1v) is 9.47. The average Bonchev–Trinajstić information content (AvgIpc) is 2.46. The molecule has 0 amide bonds. The van der Waals surface area contributed by atoms with Crippen molar-refractivity contribution in [2.45, 2.75) is 22.6 Å². The van der Waals surface area contributed by atoms with Crippen LogP contribution in [0, 0.1) is 5.92 Å². The van der Waals surface area contributed by atoms with Crippen LogP contribution in [0.25, 0.3) is 0 Å². The van der Waals surface area contributed by atoms with Crippen LogP contribution in [0.3, 0.4) is 0 Å². The Balaban J connectivity index is 2.28. The first-order valence-electron chi connectivity index (χ1n) is 6.48. The van der Waals surface area contributed by atoms with Gasteiger partial charge in [-0.15, -0.1) is 0 Å². The zero-order valence-electron chi connectivity index (χ0n) is 11.5. The molecule has 1 saturated heterocycles. The SMILES string of the molecule is NS(=O)(=O)c1ccc(S(=O)(=O)N2CCC[C@@H](C(=O)O)C2)cc1. The second-order valence-electron chi connectivity index (χ2n) is 5.06. The zero-order chi connectivity index (χ0) is 16.5. The van der Waals surface area contributed by atoms with Gasteiger partial charge >= 0.3 is 5.97 Å². The van der Waals surface area contributed by atoms with Gasteiger partial charge in [0, 0.05) is 13.1 Å². The summed E-state index contributed by atoms with van der Waals surface area (Å²) in [7, 11) is -7.75. The van der Waals surface area contributed by atoms with Crippen LogP contribution in [0.2, 0.25) is 0 Å². The minimum Gasteiger partial charge on any atom is -0.481 e. The Morgan fingerprint density at radius 3 is 2.18 bits per heavy atom. The van der Waals surface area contributed by atoms with Crippen molar-refractivity contribution < 1.29 is 26.7 Å². The number of sulfonamides is 2. The molecule has 22 heavy (non-hydrogen) atoms. The second kappa shape index (κ2) is 5.95. The standard InChI is InChI=1S/C12H16N2O6S2/c13-21(17,18)10-3-5-11(6-4-10)22(19,20)14-7-1-2-9(8-14)12(15)16/h3-6,9H,1-2,7-8H2,(H,15,16)(H2,13,17,18)/t9-/m1/s1. The summed E-state index contributed by atoms with van der Waals surface area (Å²) in [4.78, 5) is 10.7. The van der Waals surface area contributed by atoms with Crippen molar-refractivity contribution in [3.05, 3.63) is 24.3 Å². The van der Waals surface area contributed by atoms with Crippen molar-refractivity contribution in [1.82, 2.24) is 4.31 Å². The lowest BCUT2D eigenvalue weighted by molar-refractivity contribution is -0.142. The van der Waals surface area contributed by atoms with E-state index in [4.69, 9.17) is 10.2 Å². The van der Waals surface area contributed by atoms with Crippen molar-refractivity contribution in [2.75, 3.05) is 13.1 Å². The first-order chi connectivity index (χ1) is 10.1. The van der Waals surface area contributed by atoms with Crippen molar-refractivity contribution in [1.29, 1.82) is 0 Å². The minimum absolute atomic E-state index is 0.0887. The number of nitrogens with two attached hydrogens (primary N) is 1. The molecule has 1 heterocycles. The topological polar surface area (TPSA) is 135 Å². The highest BCUT2D eigenvalue weighted by molar-refractivity contribution is 7.89. The van der Waals surface area contributed by atoms with Gasteiger partial charge in [0.15, 0.2) is 0 Å². The van der Waals surface area contributed by atoms with E-state index in [1.165, 1.54) is 0 Å². The van der Waals surface area contributed by atoms with E-state index in [-0.39, 0.29) is 22.9 Å². The highest BCUT2D eigenvalue weighted by Gasteiger charge is 2.33. The van der Waals surface area contributed by atoms with Gasteiger partial charge in [-0.3, -0.25) is 4.79 Å². The lowest BCUT2D eigenvalue weighted by Gasteiger charge is -2.29. The summed E-state index contributed by atoms with van der Waals surface area (Å²) < 4.78 is 48.4. The molecule has 10 heteroatoms. The first kappa shape index (κ1) is 16.9. The van der Waals surface area contributed by atoms with Crippen LogP contribution in [0.4, 0.5) is 0 Å². The summed E-state index contributed by atoms with van der Waals surface area (Å²) in [5.74, 6) is -1.75. The van der Waals surface area contributed by atoms with E-state index >= 15 is 0 Å². The maximum atomic E-state index is 12.5. The number of nitrogens with zero attached hydrogens (tertiary/aromatic N) is 1. The molecule has 0 aromatic heterocycles. The van der Waals surface area contributed by atoms with E-state index in [0.717, 1.165) is 28.6 Å². The third kappa shape index (κ3) is 3.46. The molecule has 0 bridgehead atoms. The highest BCUT2D eigenvalue weighted by Crippen LogP contribution is 2.24. The van der Waals surface area contributed by atoms with Crippen LogP contribution in [-0.4, -0.2) is 45.3 Å². The van der Waals surface area contributed by atoms with Crippen LogP contribution in [0.5, 0.6) is 0 Å². The molecule has 1 aliphatic rings. The van der Waals surface area contributed by atoms with Crippen molar-refractivity contribution in [3.8, 4) is 0 Å². The summed E-state index contributed by atoms with van der Waals surface area (Å²) in [6, 6.07) is 4.53. The predicted octanol–water partition coefficient (Wildman–Crippen LogP) is -0.181. The van der Waals surface area contributed by atoms with E-state index in [1.54, 1.807) is 0 Å². The number of carboxylic acids is 1. The molecule has 8 nitrogen and oxygen atoms in total. The van der Waals surface area contributed by atoms with Gasteiger partial charge in [-0.05, 0) is 37.1 Å². The van der Waals surface area contributed by atoms with Gasteiger partial charge in [-0.25, -0.2) is 22.0 Å². The maximum Gasteiger partial charge on any atom is 0.307 e. The second-order valence-corrected chi connectivity index (χ2v) is 8.56. The molecule has 0 spiro atoms. The van der Waals surface area contributed by atoms with Gasteiger partial charge in [-0.2, -0.15) is 4.31 Å². The lowest BCUT2D eigenvalue weighted by atomic mass is 10.0. The number of benzene rings is 1. The van der Waals surface area contributed by atoms with Gasteiger partial charge in [0.25, 0.3) is 0 Å². The molecule has 122 valence electrons. The molecule has 0 saturated carbocycles. The molecule has 3 N–H and O–H groups in total. The lowest BCUT2D eigenvalue weighted by Crippen LogP contribution is -2.42. The van der Waals surface area contributed by atoms with Gasteiger partial charge in [0.1, 0.15) is 0 Å². The number of carboxylic acid groups (broad SMARTS) is 1. The number of hydrogen-bond donors (Lipinski definition) is 2. The van der Waals surface area contributed by atoms with Crippen LogP contribution in [0.15, 0.2) is 34.1 Å². The van der Waals surface area contributed by atoms with Gasteiger partial charge < -0.3 is 5.11 Å². The molecule has 0 unspecified atom stereocenters. The monoisotopic (exact) mass is 348 g/mol. The predicted molar refractivity (Wildman–Crippen MR) is 76.9 cm³/mol. The van der Waals surface area contributed by atoms with Crippen molar-refractivity contribution in [2.24, 2.45) is 11.1 Å². The van der Waals surface area contributed by atoms with Crippen LogP contribution >= 0.6 is 0 Å². The number of aliphatic carboxylic acids is 1. The summed E-state index contributed by atoms with van der Waals surface area (Å²) >= 11 is 0. The van der Waals surface area contributed by atoms with Crippen molar-refractivity contribution in [3.63, 3.8) is 0 Å². The molecule has 1 atom stereocenters. The average molecular weight is 348 g/mol. The van der Waals surface area contributed by atoms with E-state index in [2.05, 4.69) is 0 Å².